The van der Waals surface area contributed by atoms with Gasteiger partial charge in [-0.25, -0.2) is 4.79 Å². The topological polar surface area (TPSA) is 102 Å². The van der Waals surface area contributed by atoms with E-state index in [1.54, 1.807) is 34.6 Å². The molecule has 0 aromatic carbocycles. The molecular weight excluding hydrogens is 236 g/mol. The van der Waals surface area contributed by atoms with Gasteiger partial charge in [0, 0.05) is 6.54 Å². The number of nitrogens with two attached hydrogens (primary N) is 1. The van der Waals surface area contributed by atoms with Gasteiger partial charge in [0.05, 0.1) is 6.04 Å². The van der Waals surface area contributed by atoms with Crippen molar-refractivity contribution in [1.82, 2.24) is 5.32 Å². The fourth-order valence-corrected chi connectivity index (χ4v) is 1.36. The number of likely N-dealkylation sites (N-methyl/N-ethyl adjacent to an activating group) is 1. The van der Waals surface area contributed by atoms with Crippen LogP contribution in [-0.2, 0) is 14.3 Å². The minimum Gasteiger partial charge on any atom is -0.457 e. The van der Waals surface area contributed by atoms with E-state index in [1.807, 2.05) is 0 Å². The first-order valence-electron chi connectivity index (χ1n) is 6.09. The van der Waals surface area contributed by atoms with Crippen molar-refractivity contribution >= 4 is 11.9 Å². The number of ether oxygens (including phenoxy) is 1. The van der Waals surface area contributed by atoms with Crippen LogP contribution in [0.1, 0.15) is 41.0 Å². The molecular formula is C12H24N2O4. The van der Waals surface area contributed by atoms with Gasteiger partial charge in [0.25, 0.3) is 11.5 Å². The molecule has 18 heavy (non-hydrogen) atoms. The molecule has 0 heterocycles. The molecule has 6 nitrogen and oxygen atoms in total. The monoisotopic (exact) mass is 260 g/mol. The van der Waals surface area contributed by atoms with Gasteiger partial charge in [0.2, 0.25) is 0 Å². The Morgan fingerprint density at radius 3 is 2.17 bits per heavy atom. The smallest absolute Gasteiger partial charge is 0.350 e. The number of hydrogen-bond acceptors (Lipinski definition) is 5. The molecule has 0 bridgehead atoms. The largest absolute Gasteiger partial charge is 0.457 e. The van der Waals surface area contributed by atoms with Gasteiger partial charge >= 0.3 is 5.97 Å². The highest BCUT2D eigenvalue weighted by Gasteiger charge is 2.51. The lowest BCUT2D eigenvalue weighted by atomic mass is 9.91. The molecule has 2 atom stereocenters. The summed E-state index contributed by atoms with van der Waals surface area (Å²) < 4.78 is 5.06. The van der Waals surface area contributed by atoms with Gasteiger partial charge in [-0.3, -0.25) is 4.79 Å². The number of amides is 1. The Labute approximate surface area is 108 Å². The Morgan fingerprint density at radius 2 is 1.83 bits per heavy atom. The standard InChI is InChI=1S/C12H24N2O4/c1-6-8(13)12(17,9(15)14-7-2)10(16)18-11(3,4)5/h8,17H,6-7,13H2,1-5H3,(H,14,15). The van der Waals surface area contributed by atoms with E-state index in [1.165, 1.54) is 0 Å². The minimum atomic E-state index is -2.35. The van der Waals surface area contributed by atoms with Gasteiger partial charge in [-0.15, -0.1) is 0 Å². The summed E-state index contributed by atoms with van der Waals surface area (Å²) in [6.07, 6.45) is 0.271. The van der Waals surface area contributed by atoms with Crippen LogP contribution >= 0.6 is 0 Å². The van der Waals surface area contributed by atoms with Crippen molar-refractivity contribution in [2.45, 2.75) is 58.3 Å². The molecule has 4 N–H and O–H groups in total. The third-order valence-electron chi connectivity index (χ3n) is 2.37. The van der Waals surface area contributed by atoms with Gasteiger partial charge in [-0.05, 0) is 34.1 Å². The average molecular weight is 260 g/mol. The van der Waals surface area contributed by atoms with Crippen LogP contribution in [0, 0.1) is 0 Å². The fraction of sp³-hybridized carbons (Fsp3) is 0.833. The molecule has 0 aliphatic heterocycles. The summed E-state index contributed by atoms with van der Waals surface area (Å²) in [5.74, 6) is -1.84. The zero-order valence-corrected chi connectivity index (χ0v) is 11.7. The van der Waals surface area contributed by atoms with Crippen LogP contribution in [0.4, 0.5) is 0 Å². The quantitative estimate of drug-likeness (QED) is 0.474. The van der Waals surface area contributed by atoms with E-state index in [2.05, 4.69) is 5.32 Å². The van der Waals surface area contributed by atoms with Crippen molar-refractivity contribution < 1.29 is 19.4 Å². The number of carbonyl (C=O) groups excluding carboxylic acids is 2. The molecule has 0 rings (SSSR count). The molecule has 0 radical (unpaired) electrons. The third-order valence-corrected chi connectivity index (χ3v) is 2.37. The van der Waals surface area contributed by atoms with Crippen LogP contribution in [0.15, 0.2) is 0 Å². The normalized spacial score (nSPS) is 16.6. The van der Waals surface area contributed by atoms with E-state index in [4.69, 9.17) is 10.5 Å². The summed E-state index contributed by atoms with van der Waals surface area (Å²) in [5, 5.41) is 12.7. The SMILES string of the molecule is CCNC(=O)C(O)(C(=O)OC(C)(C)C)C(N)CC. The summed E-state index contributed by atoms with van der Waals surface area (Å²) in [6, 6.07) is -1.01. The number of rotatable bonds is 5. The second-order valence-corrected chi connectivity index (χ2v) is 5.14. The van der Waals surface area contributed by atoms with Gasteiger partial charge in [0.1, 0.15) is 5.60 Å². The first kappa shape index (κ1) is 16.9. The number of nitrogens with one attached hydrogen (secondary N) is 1. The molecule has 1 amide bonds. The van der Waals surface area contributed by atoms with Gasteiger partial charge in [-0.2, -0.15) is 0 Å². The van der Waals surface area contributed by atoms with Crippen molar-refractivity contribution in [2.24, 2.45) is 5.73 Å². The summed E-state index contributed by atoms with van der Waals surface area (Å²) in [5.41, 5.74) is 2.54. The molecule has 106 valence electrons. The molecule has 0 spiro atoms. The van der Waals surface area contributed by atoms with Crippen LogP contribution in [0.2, 0.25) is 0 Å². The maximum atomic E-state index is 12.0. The van der Waals surface area contributed by atoms with E-state index in [-0.39, 0.29) is 6.42 Å². The van der Waals surface area contributed by atoms with Crippen molar-refractivity contribution in [1.29, 1.82) is 0 Å². The predicted molar refractivity (Wildman–Crippen MR) is 67.7 cm³/mol. The highest BCUT2D eigenvalue weighted by molar-refractivity contribution is 6.06. The number of hydrogen-bond donors (Lipinski definition) is 3. The predicted octanol–water partition coefficient (Wildman–Crippen LogP) is -0.0674. The first-order valence-corrected chi connectivity index (χ1v) is 6.09. The van der Waals surface area contributed by atoms with Crippen LogP contribution in [0.3, 0.4) is 0 Å². The summed E-state index contributed by atoms with van der Waals surface area (Å²) >= 11 is 0. The van der Waals surface area contributed by atoms with Gasteiger partial charge < -0.3 is 20.9 Å². The fourth-order valence-electron chi connectivity index (χ4n) is 1.36. The lowest BCUT2D eigenvalue weighted by Gasteiger charge is -2.32. The molecule has 0 aliphatic rings. The van der Waals surface area contributed by atoms with Crippen molar-refractivity contribution in [3.63, 3.8) is 0 Å². The highest BCUT2D eigenvalue weighted by atomic mass is 16.6. The van der Waals surface area contributed by atoms with Crippen molar-refractivity contribution in [3.05, 3.63) is 0 Å². The summed E-state index contributed by atoms with van der Waals surface area (Å²) in [7, 11) is 0. The molecule has 0 aromatic rings. The lowest BCUT2D eigenvalue weighted by molar-refractivity contribution is -0.183. The van der Waals surface area contributed by atoms with Crippen LogP contribution in [0.25, 0.3) is 0 Å². The first-order chi connectivity index (χ1) is 8.09. The zero-order chi connectivity index (χ0) is 14.6. The second kappa shape index (κ2) is 6.15. The number of carbonyl (C=O) groups is 2. The zero-order valence-electron chi connectivity index (χ0n) is 11.7. The van der Waals surface area contributed by atoms with E-state index in [0.29, 0.717) is 6.54 Å². The summed E-state index contributed by atoms with van der Waals surface area (Å²) in [6.45, 7) is 8.62. The Balaban J connectivity index is 5.22. The summed E-state index contributed by atoms with van der Waals surface area (Å²) in [4.78, 5) is 23.8. The van der Waals surface area contributed by atoms with E-state index < -0.39 is 29.1 Å². The average Bonchev–Trinajstić information content (AvgIpc) is 2.24. The van der Waals surface area contributed by atoms with Crippen LogP contribution < -0.4 is 11.1 Å². The van der Waals surface area contributed by atoms with Gasteiger partial charge in [0.15, 0.2) is 0 Å². The molecule has 2 unspecified atom stereocenters. The third kappa shape index (κ3) is 3.96. The van der Waals surface area contributed by atoms with Crippen molar-refractivity contribution in [2.75, 3.05) is 6.54 Å². The van der Waals surface area contributed by atoms with Crippen molar-refractivity contribution in [3.8, 4) is 0 Å². The lowest BCUT2D eigenvalue weighted by Crippen LogP contribution is -2.64. The maximum Gasteiger partial charge on any atom is 0.350 e. The second-order valence-electron chi connectivity index (χ2n) is 5.14. The molecule has 0 saturated heterocycles. The van der Waals surface area contributed by atoms with Crippen LogP contribution in [-0.4, -0.2) is 40.8 Å². The van der Waals surface area contributed by atoms with Gasteiger partial charge in [-0.1, -0.05) is 6.92 Å². The Bertz CT molecular complexity index is 312. The Morgan fingerprint density at radius 1 is 1.33 bits per heavy atom. The maximum absolute atomic E-state index is 12.0. The molecule has 0 aliphatic carbocycles. The minimum absolute atomic E-state index is 0.271. The highest BCUT2D eigenvalue weighted by Crippen LogP contribution is 2.19. The van der Waals surface area contributed by atoms with E-state index in [9.17, 15) is 14.7 Å². The Hall–Kier alpha value is -1.14. The molecule has 0 aromatic heterocycles. The molecule has 6 heteroatoms. The number of esters is 1. The number of aliphatic hydroxyl groups is 1. The Kier molecular flexibility index (Phi) is 5.76. The molecule has 0 saturated carbocycles. The molecule has 0 fully saturated rings. The van der Waals surface area contributed by atoms with E-state index in [0.717, 1.165) is 0 Å². The van der Waals surface area contributed by atoms with E-state index >= 15 is 0 Å². The van der Waals surface area contributed by atoms with Crippen LogP contribution in [0.5, 0.6) is 0 Å².